The first kappa shape index (κ1) is 13.2. The molecule has 2 aromatic rings. The smallest absolute Gasteiger partial charge is 0.254 e. The topological polar surface area (TPSA) is 78.4 Å². The molecule has 0 radical (unpaired) electrons. The van der Waals surface area contributed by atoms with Gasteiger partial charge in [0, 0.05) is 6.42 Å². The van der Waals surface area contributed by atoms with Gasteiger partial charge in [0.05, 0.1) is 11.3 Å². The summed E-state index contributed by atoms with van der Waals surface area (Å²) in [6.07, 6.45) is 0.367. The Labute approximate surface area is 121 Å². The maximum absolute atomic E-state index is 12.2. The predicted octanol–water partition coefficient (Wildman–Crippen LogP) is 1.69. The van der Waals surface area contributed by atoms with Gasteiger partial charge in [0.1, 0.15) is 11.8 Å². The molecular formula is C16H14N2O3. The maximum atomic E-state index is 12.2. The SMILES string of the molecule is O=C1N[C@@H](Cc2ccc(O)cc2)C(=O)Nc2ccccc21. The Morgan fingerprint density at radius 3 is 2.48 bits per heavy atom. The van der Waals surface area contributed by atoms with Crippen molar-refractivity contribution in [2.45, 2.75) is 12.5 Å². The lowest BCUT2D eigenvalue weighted by Gasteiger charge is -2.14. The third kappa shape index (κ3) is 2.72. The van der Waals surface area contributed by atoms with Crippen LogP contribution in [0.4, 0.5) is 5.69 Å². The summed E-state index contributed by atoms with van der Waals surface area (Å²) < 4.78 is 0. The van der Waals surface area contributed by atoms with Gasteiger partial charge in [-0.05, 0) is 29.8 Å². The molecule has 1 atom stereocenters. The quantitative estimate of drug-likeness (QED) is 0.784. The number of phenols is 1. The summed E-state index contributed by atoms with van der Waals surface area (Å²) in [7, 11) is 0. The van der Waals surface area contributed by atoms with Crippen molar-refractivity contribution in [2.24, 2.45) is 0 Å². The van der Waals surface area contributed by atoms with Crippen LogP contribution < -0.4 is 10.6 Å². The fourth-order valence-electron chi connectivity index (χ4n) is 2.32. The van der Waals surface area contributed by atoms with E-state index in [2.05, 4.69) is 10.6 Å². The summed E-state index contributed by atoms with van der Waals surface area (Å²) in [6, 6.07) is 12.8. The molecule has 106 valence electrons. The van der Waals surface area contributed by atoms with Crippen molar-refractivity contribution in [1.82, 2.24) is 5.32 Å². The minimum Gasteiger partial charge on any atom is -0.508 e. The summed E-state index contributed by atoms with van der Waals surface area (Å²) in [5, 5.41) is 14.8. The van der Waals surface area contributed by atoms with Crippen LogP contribution in [0, 0.1) is 0 Å². The second kappa shape index (κ2) is 5.28. The van der Waals surface area contributed by atoms with Crippen LogP contribution in [-0.4, -0.2) is 23.0 Å². The molecule has 3 N–H and O–H groups in total. The molecule has 1 aliphatic heterocycles. The summed E-state index contributed by atoms with van der Waals surface area (Å²) in [6.45, 7) is 0. The van der Waals surface area contributed by atoms with E-state index in [1.54, 1.807) is 48.5 Å². The van der Waals surface area contributed by atoms with E-state index >= 15 is 0 Å². The van der Waals surface area contributed by atoms with Gasteiger partial charge in [-0.1, -0.05) is 24.3 Å². The normalized spacial score (nSPS) is 17.4. The Hall–Kier alpha value is -2.82. The largest absolute Gasteiger partial charge is 0.508 e. The van der Waals surface area contributed by atoms with Crippen molar-refractivity contribution in [3.63, 3.8) is 0 Å². The number of phenolic OH excluding ortho intramolecular Hbond substituents is 1. The first-order valence-corrected chi connectivity index (χ1v) is 6.62. The molecule has 2 aromatic carbocycles. The van der Waals surface area contributed by atoms with Crippen molar-refractivity contribution in [2.75, 3.05) is 5.32 Å². The highest BCUT2D eigenvalue weighted by molar-refractivity contribution is 6.09. The summed E-state index contributed by atoms with van der Waals surface area (Å²) in [5.74, 6) is -0.352. The number of fused-ring (bicyclic) bond motifs is 1. The Morgan fingerprint density at radius 1 is 1.00 bits per heavy atom. The highest BCUT2D eigenvalue weighted by Gasteiger charge is 2.27. The third-order valence-corrected chi connectivity index (χ3v) is 3.43. The minimum atomic E-state index is -0.644. The zero-order chi connectivity index (χ0) is 14.8. The van der Waals surface area contributed by atoms with Crippen LogP contribution in [0.3, 0.4) is 0 Å². The van der Waals surface area contributed by atoms with Crippen LogP contribution in [0.15, 0.2) is 48.5 Å². The van der Waals surface area contributed by atoms with Crippen LogP contribution >= 0.6 is 0 Å². The van der Waals surface area contributed by atoms with E-state index in [-0.39, 0.29) is 17.6 Å². The molecule has 0 spiro atoms. The number of anilines is 1. The second-order valence-corrected chi connectivity index (χ2v) is 4.93. The lowest BCUT2D eigenvalue weighted by atomic mass is 10.1. The van der Waals surface area contributed by atoms with Crippen molar-refractivity contribution >= 4 is 17.5 Å². The van der Waals surface area contributed by atoms with Crippen molar-refractivity contribution in [1.29, 1.82) is 0 Å². The molecule has 0 unspecified atom stereocenters. The van der Waals surface area contributed by atoms with Crippen LogP contribution in [0.1, 0.15) is 15.9 Å². The molecule has 0 fully saturated rings. The van der Waals surface area contributed by atoms with E-state index in [0.717, 1.165) is 5.56 Å². The summed E-state index contributed by atoms with van der Waals surface area (Å²) >= 11 is 0. The summed E-state index contributed by atoms with van der Waals surface area (Å²) in [5.41, 5.74) is 1.84. The molecule has 0 bridgehead atoms. The number of amides is 2. The Balaban J connectivity index is 1.84. The van der Waals surface area contributed by atoms with E-state index in [0.29, 0.717) is 17.7 Å². The number of hydrogen-bond donors (Lipinski definition) is 3. The van der Waals surface area contributed by atoms with Gasteiger partial charge in [-0.25, -0.2) is 0 Å². The average molecular weight is 282 g/mol. The van der Waals surface area contributed by atoms with Crippen LogP contribution in [0.5, 0.6) is 5.75 Å². The first-order valence-electron chi connectivity index (χ1n) is 6.62. The van der Waals surface area contributed by atoms with Gasteiger partial charge in [0.15, 0.2) is 0 Å². The number of hydrogen-bond acceptors (Lipinski definition) is 3. The maximum Gasteiger partial charge on any atom is 0.254 e. The number of benzene rings is 2. The molecule has 1 aliphatic rings. The molecule has 5 heteroatoms. The van der Waals surface area contributed by atoms with Gasteiger partial charge in [-0.15, -0.1) is 0 Å². The highest BCUT2D eigenvalue weighted by atomic mass is 16.3. The van der Waals surface area contributed by atoms with Crippen molar-refractivity contribution in [3.05, 3.63) is 59.7 Å². The average Bonchev–Trinajstić information content (AvgIpc) is 2.59. The molecule has 0 aliphatic carbocycles. The van der Waals surface area contributed by atoms with Crippen LogP contribution in [0.25, 0.3) is 0 Å². The second-order valence-electron chi connectivity index (χ2n) is 4.93. The lowest BCUT2D eigenvalue weighted by Crippen LogP contribution is -2.42. The standard InChI is InChI=1S/C16H14N2O3/c19-11-7-5-10(6-8-11)9-14-16(21)17-13-4-2-1-3-12(13)15(20)18-14/h1-8,14,19H,9H2,(H,17,21)(H,18,20)/t14-/m0/s1. The van der Waals surface area contributed by atoms with Gasteiger partial charge in [-0.2, -0.15) is 0 Å². The Bertz CT molecular complexity index is 695. The van der Waals surface area contributed by atoms with Crippen LogP contribution in [-0.2, 0) is 11.2 Å². The van der Waals surface area contributed by atoms with Crippen LogP contribution in [0.2, 0.25) is 0 Å². The van der Waals surface area contributed by atoms with Gasteiger partial charge in [-0.3, -0.25) is 9.59 Å². The van der Waals surface area contributed by atoms with Gasteiger partial charge < -0.3 is 15.7 Å². The number of para-hydroxylation sites is 1. The number of aromatic hydroxyl groups is 1. The lowest BCUT2D eigenvalue weighted by molar-refractivity contribution is -0.117. The molecule has 0 saturated heterocycles. The van der Waals surface area contributed by atoms with E-state index in [9.17, 15) is 14.7 Å². The number of carbonyl (C=O) groups excluding carboxylic acids is 2. The number of rotatable bonds is 2. The zero-order valence-electron chi connectivity index (χ0n) is 11.2. The Morgan fingerprint density at radius 2 is 1.71 bits per heavy atom. The van der Waals surface area contributed by atoms with Crippen molar-refractivity contribution in [3.8, 4) is 5.75 Å². The minimum absolute atomic E-state index is 0.167. The van der Waals surface area contributed by atoms with Crippen molar-refractivity contribution < 1.29 is 14.7 Å². The fourth-order valence-corrected chi connectivity index (χ4v) is 2.32. The van der Waals surface area contributed by atoms with Gasteiger partial charge >= 0.3 is 0 Å². The molecule has 0 aromatic heterocycles. The number of nitrogens with one attached hydrogen (secondary N) is 2. The first-order chi connectivity index (χ1) is 10.1. The molecule has 1 heterocycles. The van der Waals surface area contributed by atoms with Gasteiger partial charge in [0.25, 0.3) is 5.91 Å². The molecular weight excluding hydrogens is 268 g/mol. The highest BCUT2D eigenvalue weighted by Crippen LogP contribution is 2.19. The van der Waals surface area contributed by atoms with E-state index in [1.807, 2.05) is 0 Å². The zero-order valence-corrected chi connectivity index (χ0v) is 11.2. The molecule has 2 amide bonds. The van der Waals surface area contributed by atoms with E-state index < -0.39 is 6.04 Å². The molecule has 21 heavy (non-hydrogen) atoms. The third-order valence-electron chi connectivity index (χ3n) is 3.43. The molecule has 3 rings (SSSR count). The molecule has 0 saturated carbocycles. The summed E-state index contributed by atoms with van der Waals surface area (Å²) in [4.78, 5) is 24.4. The monoisotopic (exact) mass is 282 g/mol. The van der Waals surface area contributed by atoms with E-state index in [4.69, 9.17) is 0 Å². The fraction of sp³-hybridized carbons (Fsp3) is 0.125. The molecule has 5 nitrogen and oxygen atoms in total. The number of carbonyl (C=O) groups is 2. The van der Waals surface area contributed by atoms with E-state index in [1.165, 1.54) is 0 Å². The van der Waals surface area contributed by atoms with Gasteiger partial charge in [0.2, 0.25) is 5.91 Å². The Kier molecular flexibility index (Phi) is 3.31. The predicted molar refractivity (Wildman–Crippen MR) is 78.1 cm³/mol.